The van der Waals surface area contributed by atoms with Crippen LogP contribution in [-0.4, -0.2) is 43.8 Å². The standard InChI is InChI=1S/C20H21ClN4O4/c1-22-20(26)18(24-28-3)16-12-8-7-11-15(16)13-29-25-19(21)17(23-27-2)14-9-5-4-6-10-14/h4-12H,13H2,1-3H3,(H,22,26)/b23-17+,24-18+,25-19-. The Bertz CT molecular complexity index is 914. The number of rotatable bonds is 9. The molecule has 2 aromatic rings. The number of carbonyl (C=O) groups is 1. The average Bonchev–Trinajstić information content (AvgIpc) is 2.76. The molecule has 0 bridgehead atoms. The lowest BCUT2D eigenvalue weighted by atomic mass is 10.0. The number of likely N-dealkylation sites (N-methyl/N-ethyl adjacent to an activating group) is 1. The summed E-state index contributed by atoms with van der Waals surface area (Å²) in [6.45, 7) is 0.0428. The van der Waals surface area contributed by atoms with Gasteiger partial charge in [0.15, 0.2) is 16.6 Å². The molecule has 0 aliphatic rings. The maximum absolute atomic E-state index is 12.1. The molecule has 0 aromatic heterocycles. The first-order valence-electron chi connectivity index (χ1n) is 8.56. The molecule has 2 aromatic carbocycles. The summed E-state index contributed by atoms with van der Waals surface area (Å²) in [5, 5.41) is 14.2. The smallest absolute Gasteiger partial charge is 0.273 e. The Labute approximate surface area is 173 Å². The molecule has 0 aliphatic carbocycles. The Balaban J connectivity index is 2.23. The summed E-state index contributed by atoms with van der Waals surface area (Å²) >= 11 is 6.26. The summed E-state index contributed by atoms with van der Waals surface area (Å²) < 4.78 is 0. The van der Waals surface area contributed by atoms with Crippen molar-refractivity contribution in [3.05, 3.63) is 71.3 Å². The molecule has 0 fully saturated rings. The van der Waals surface area contributed by atoms with Crippen molar-refractivity contribution in [2.24, 2.45) is 15.5 Å². The first kappa shape index (κ1) is 21.9. The van der Waals surface area contributed by atoms with Gasteiger partial charge in [-0.3, -0.25) is 4.79 Å². The number of hydrogen-bond acceptors (Lipinski definition) is 7. The normalized spacial score (nSPS) is 12.3. The van der Waals surface area contributed by atoms with Crippen molar-refractivity contribution in [2.45, 2.75) is 6.61 Å². The third-order valence-corrected chi connectivity index (χ3v) is 3.94. The second-order valence-corrected chi connectivity index (χ2v) is 5.86. The monoisotopic (exact) mass is 416 g/mol. The zero-order valence-corrected chi connectivity index (χ0v) is 17.0. The molecule has 0 unspecified atom stereocenters. The summed E-state index contributed by atoms with van der Waals surface area (Å²) in [5.41, 5.74) is 2.39. The fourth-order valence-corrected chi connectivity index (χ4v) is 2.59. The van der Waals surface area contributed by atoms with Gasteiger partial charge in [0.1, 0.15) is 20.8 Å². The largest absolute Gasteiger partial charge is 0.399 e. The van der Waals surface area contributed by atoms with Crippen molar-refractivity contribution >= 4 is 34.1 Å². The molecule has 8 nitrogen and oxygen atoms in total. The van der Waals surface area contributed by atoms with Gasteiger partial charge >= 0.3 is 0 Å². The molecule has 152 valence electrons. The van der Waals surface area contributed by atoms with Crippen LogP contribution in [0, 0.1) is 0 Å². The van der Waals surface area contributed by atoms with Gasteiger partial charge in [-0.25, -0.2) is 0 Å². The molecule has 1 N–H and O–H groups in total. The number of benzene rings is 2. The molecule has 0 aliphatic heterocycles. The lowest BCUT2D eigenvalue weighted by Gasteiger charge is -2.10. The van der Waals surface area contributed by atoms with Gasteiger partial charge in [-0.1, -0.05) is 81.7 Å². The van der Waals surface area contributed by atoms with Crippen LogP contribution in [0.15, 0.2) is 70.1 Å². The van der Waals surface area contributed by atoms with Crippen LogP contribution in [0.4, 0.5) is 0 Å². The van der Waals surface area contributed by atoms with E-state index in [9.17, 15) is 4.79 Å². The number of amides is 1. The highest BCUT2D eigenvalue weighted by atomic mass is 35.5. The third kappa shape index (κ3) is 6.05. The Hall–Kier alpha value is -3.39. The number of halogens is 1. The van der Waals surface area contributed by atoms with Gasteiger partial charge in [0.05, 0.1) is 0 Å². The van der Waals surface area contributed by atoms with Crippen LogP contribution in [0.1, 0.15) is 16.7 Å². The fraction of sp³-hybridized carbons (Fsp3) is 0.200. The fourth-order valence-electron chi connectivity index (χ4n) is 2.40. The van der Waals surface area contributed by atoms with E-state index in [0.717, 1.165) is 5.56 Å². The molecular weight excluding hydrogens is 396 g/mol. The average molecular weight is 417 g/mol. The van der Waals surface area contributed by atoms with Crippen LogP contribution in [0.2, 0.25) is 0 Å². The number of nitrogens with one attached hydrogen (secondary N) is 1. The molecule has 0 spiro atoms. The number of hydrogen-bond donors (Lipinski definition) is 1. The summed E-state index contributed by atoms with van der Waals surface area (Å²) in [6.07, 6.45) is 0. The molecule has 29 heavy (non-hydrogen) atoms. The van der Waals surface area contributed by atoms with Crippen molar-refractivity contribution in [1.82, 2.24) is 5.32 Å². The molecular formula is C20H21ClN4O4. The summed E-state index contributed by atoms with van der Waals surface area (Å²) in [5.74, 6) is -0.389. The zero-order chi connectivity index (χ0) is 21.1. The quantitative estimate of drug-likeness (QED) is 0.502. The number of carbonyl (C=O) groups excluding carboxylic acids is 1. The predicted octanol–water partition coefficient (Wildman–Crippen LogP) is 2.90. The Kier molecular flexibility index (Phi) is 8.65. The van der Waals surface area contributed by atoms with Crippen LogP contribution in [0.25, 0.3) is 0 Å². The molecule has 0 heterocycles. The highest BCUT2D eigenvalue weighted by Crippen LogP contribution is 2.14. The maximum atomic E-state index is 12.1. The van der Waals surface area contributed by atoms with Crippen LogP contribution >= 0.6 is 11.6 Å². The number of nitrogens with zero attached hydrogens (tertiary/aromatic N) is 3. The van der Waals surface area contributed by atoms with E-state index in [-0.39, 0.29) is 23.4 Å². The van der Waals surface area contributed by atoms with Gasteiger partial charge in [0, 0.05) is 23.7 Å². The van der Waals surface area contributed by atoms with E-state index in [1.807, 2.05) is 36.4 Å². The highest BCUT2D eigenvalue weighted by Gasteiger charge is 2.18. The third-order valence-electron chi connectivity index (χ3n) is 3.69. The minimum Gasteiger partial charge on any atom is -0.399 e. The van der Waals surface area contributed by atoms with E-state index in [1.165, 1.54) is 21.3 Å². The van der Waals surface area contributed by atoms with Gasteiger partial charge in [0.2, 0.25) is 0 Å². The molecule has 0 saturated carbocycles. The topological polar surface area (TPSA) is 93.9 Å². The van der Waals surface area contributed by atoms with E-state index in [1.54, 1.807) is 18.2 Å². The van der Waals surface area contributed by atoms with E-state index in [0.29, 0.717) is 16.8 Å². The van der Waals surface area contributed by atoms with Gasteiger partial charge in [-0.05, 0) is 0 Å². The second-order valence-electron chi connectivity index (χ2n) is 5.50. The number of oxime groups is 3. The maximum Gasteiger partial charge on any atom is 0.273 e. The van der Waals surface area contributed by atoms with E-state index in [2.05, 4.69) is 20.8 Å². The molecule has 2 rings (SSSR count). The van der Waals surface area contributed by atoms with Crippen molar-refractivity contribution < 1.29 is 19.3 Å². The van der Waals surface area contributed by atoms with E-state index < -0.39 is 0 Å². The van der Waals surface area contributed by atoms with E-state index in [4.69, 9.17) is 26.1 Å². The van der Waals surface area contributed by atoms with Crippen LogP contribution < -0.4 is 5.32 Å². The van der Waals surface area contributed by atoms with Crippen LogP contribution in [0.5, 0.6) is 0 Å². The lowest BCUT2D eigenvalue weighted by molar-refractivity contribution is -0.114. The van der Waals surface area contributed by atoms with Crippen LogP contribution in [0.3, 0.4) is 0 Å². The molecule has 0 atom stereocenters. The van der Waals surface area contributed by atoms with Crippen LogP contribution in [-0.2, 0) is 25.9 Å². The SMILES string of the molecule is CNC(=O)/C(=N/OC)c1ccccc1CO/N=C(Cl)/C(=N/OC)c1ccccc1. The lowest BCUT2D eigenvalue weighted by Crippen LogP contribution is -2.29. The van der Waals surface area contributed by atoms with E-state index >= 15 is 0 Å². The van der Waals surface area contributed by atoms with Gasteiger partial charge in [0.25, 0.3) is 5.91 Å². The minimum atomic E-state index is -0.389. The summed E-state index contributed by atoms with van der Waals surface area (Å²) in [4.78, 5) is 27.2. The van der Waals surface area contributed by atoms with Crippen molar-refractivity contribution in [3.8, 4) is 0 Å². The Morgan fingerprint density at radius 2 is 1.55 bits per heavy atom. The Morgan fingerprint density at radius 3 is 2.21 bits per heavy atom. The molecule has 0 saturated heterocycles. The highest BCUT2D eigenvalue weighted by molar-refractivity contribution is 6.85. The first-order valence-corrected chi connectivity index (χ1v) is 8.94. The predicted molar refractivity (Wildman–Crippen MR) is 112 cm³/mol. The summed E-state index contributed by atoms with van der Waals surface area (Å²) in [7, 11) is 4.29. The molecule has 0 radical (unpaired) electrons. The molecule has 9 heteroatoms. The van der Waals surface area contributed by atoms with Gasteiger partial charge in [-0.15, -0.1) is 0 Å². The first-order chi connectivity index (χ1) is 14.1. The van der Waals surface area contributed by atoms with Crippen molar-refractivity contribution in [1.29, 1.82) is 0 Å². The van der Waals surface area contributed by atoms with Gasteiger partial charge < -0.3 is 19.8 Å². The van der Waals surface area contributed by atoms with Crippen molar-refractivity contribution in [2.75, 3.05) is 21.3 Å². The van der Waals surface area contributed by atoms with Gasteiger partial charge in [-0.2, -0.15) is 0 Å². The molecule has 1 amide bonds. The minimum absolute atomic E-state index is 0.0209. The second kappa shape index (κ2) is 11.5. The summed E-state index contributed by atoms with van der Waals surface area (Å²) in [6, 6.07) is 16.3. The Morgan fingerprint density at radius 1 is 0.931 bits per heavy atom. The zero-order valence-electron chi connectivity index (χ0n) is 16.3. The van der Waals surface area contributed by atoms with Crippen molar-refractivity contribution in [3.63, 3.8) is 0 Å².